The number of aryl methyl sites for hydroxylation is 1. The molecule has 2 aromatic rings. The molecule has 0 fully saturated rings. The molecule has 0 aliphatic heterocycles. The van der Waals surface area contributed by atoms with Gasteiger partial charge in [0.05, 0.1) is 17.9 Å². The van der Waals surface area contributed by atoms with Crippen molar-refractivity contribution in [2.45, 2.75) is 20.0 Å². The lowest BCUT2D eigenvalue weighted by atomic mass is 10.1. The van der Waals surface area contributed by atoms with Crippen LogP contribution in [0.4, 0.5) is 13.2 Å². The predicted octanol–water partition coefficient (Wildman–Crippen LogP) is 3.85. The van der Waals surface area contributed by atoms with Gasteiger partial charge in [0.25, 0.3) is 0 Å². The number of esters is 1. The van der Waals surface area contributed by atoms with Gasteiger partial charge in [-0.05, 0) is 32.0 Å². The first kappa shape index (κ1) is 15.1. The van der Waals surface area contributed by atoms with Gasteiger partial charge < -0.3 is 9.15 Å². The average molecular weight is 299 g/mol. The van der Waals surface area contributed by atoms with Crippen molar-refractivity contribution in [3.8, 4) is 11.5 Å². The number of carbonyl (C=O) groups excluding carboxylic acids is 1. The lowest BCUT2D eigenvalue weighted by Crippen LogP contribution is -2.04. The van der Waals surface area contributed by atoms with Gasteiger partial charge in [-0.15, -0.1) is 0 Å². The maximum absolute atomic E-state index is 12.7. The van der Waals surface area contributed by atoms with E-state index >= 15 is 0 Å². The van der Waals surface area contributed by atoms with Crippen LogP contribution in [0.25, 0.3) is 11.5 Å². The van der Waals surface area contributed by atoms with Gasteiger partial charge >= 0.3 is 12.1 Å². The number of alkyl halides is 3. The minimum Gasteiger partial charge on any atom is -0.460 e. The molecule has 0 bridgehead atoms. The third kappa shape index (κ3) is 3.24. The minimum absolute atomic E-state index is 0.0540. The first-order valence-corrected chi connectivity index (χ1v) is 6.15. The lowest BCUT2D eigenvalue weighted by molar-refractivity contribution is -0.137. The van der Waals surface area contributed by atoms with Crippen LogP contribution < -0.4 is 0 Å². The second-order valence-corrected chi connectivity index (χ2v) is 4.23. The molecule has 1 aromatic carbocycles. The van der Waals surface area contributed by atoms with E-state index in [1.165, 1.54) is 19.1 Å². The van der Waals surface area contributed by atoms with Crippen LogP contribution in [0.5, 0.6) is 0 Å². The summed E-state index contributed by atoms with van der Waals surface area (Å²) in [4.78, 5) is 15.6. The molecule has 2 rings (SSSR count). The Labute approximate surface area is 118 Å². The summed E-state index contributed by atoms with van der Waals surface area (Å²) in [6.45, 7) is 3.32. The van der Waals surface area contributed by atoms with E-state index in [0.717, 1.165) is 12.1 Å². The van der Waals surface area contributed by atoms with Crippen LogP contribution in [0.2, 0.25) is 0 Å². The van der Waals surface area contributed by atoms with Gasteiger partial charge in [0.15, 0.2) is 0 Å². The van der Waals surface area contributed by atoms with Crippen LogP contribution in [0, 0.1) is 6.92 Å². The van der Waals surface area contributed by atoms with Crippen molar-refractivity contribution in [3.05, 3.63) is 41.3 Å². The fourth-order valence-electron chi connectivity index (χ4n) is 1.73. The highest BCUT2D eigenvalue weighted by atomic mass is 19.4. The number of rotatable bonds is 3. The van der Waals surface area contributed by atoms with Crippen molar-refractivity contribution in [1.82, 2.24) is 4.98 Å². The zero-order valence-corrected chi connectivity index (χ0v) is 11.3. The number of aromatic nitrogens is 1. The van der Waals surface area contributed by atoms with Crippen molar-refractivity contribution in [3.63, 3.8) is 0 Å². The molecule has 4 nitrogen and oxygen atoms in total. The maximum Gasteiger partial charge on any atom is 0.416 e. The van der Waals surface area contributed by atoms with E-state index in [4.69, 9.17) is 9.15 Å². The molecule has 1 heterocycles. The number of halogens is 3. The third-order valence-electron chi connectivity index (χ3n) is 2.69. The van der Waals surface area contributed by atoms with Crippen LogP contribution in [-0.4, -0.2) is 17.6 Å². The molecule has 21 heavy (non-hydrogen) atoms. The average Bonchev–Trinajstić information content (AvgIpc) is 2.80. The highest BCUT2D eigenvalue weighted by molar-refractivity contribution is 5.87. The first-order valence-electron chi connectivity index (χ1n) is 6.15. The zero-order chi connectivity index (χ0) is 15.6. The van der Waals surface area contributed by atoms with E-state index in [-0.39, 0.29) is 29.5 Å². The summed E-state index contributed by atoms with van der Waals surface area (Å²) in [5.41, 5.74) is -0.405. The number of ether oxygens (including phenoxy) is 1. The van der Waals surface area contributed by atoms with Gasteiger partial charge in [0.1, 0.15) is 0 Å². The van der Waals surface area contributed by atoms with Crippen molar-refractivity contribution < 1.29 is 27.1 Å². The number of carbonyl (C=O) groups is 1. The smallest absolute Gasteiger partial charge is 0.416 e. The quantitative estimate of drug-likeness (QED) is 0.808. The standard InChI is InChI=1S/C14H12F3NO3/c1-3-20-13(19)11-8(2)18-12(21-11)9-5-4-6-10(7-9)14(15,16)17/h4-7H,3H2,1-2H3. The van der Waals surface area contributed by atoms with Gasteiger partial charge in [0, 0.05) is 5.56 Å². The molecule has 1 aromatic heterocycles. The Kier molecular flexibility index (Phi) is 4.02. The van der Waals surface area contributed by atoms with Crippen LogP contribution in [-0.2, 0) is 10.9 Å². The van der Waals surface area contributed by atoms with Crippen LogP contribution in [0.15, 0.2) is 28.7 Å². The lowest BCUT2D eigenvalue weighted by Gasteiger charge is -2.06. The Hall–Kier alpha value is -2.31. The molecule has 0 radical (unpaired) electrons. The highest BCUT2D eigenvalue weighted by Crippen LogP contribution is 2.32. The zero-order valence-electron chi connectivity index (χ0n) is 11.3. The third-order valence-corrected chi connectivity index (χ3v) is 2.69. The molecular formula is C14H12F3NO3. The Morgan fingerprint density at radius 3 is 2.71 bits per heavy atom. The Bertz CT molecular complexity index is 662. The molecular weight excluding hydrogens is 287 g/mol. The summed E-state index contributed by atoms with van der Waals surface area (Å²) >= 11 is 0. The van der Waals surface area contributed by atoms with Gasteiger partial charge in [-0.25, -0.2) is 9.78 Å². The Morgan fingerprint density at radius 1 is 1.38 bits per heavy atom. The predicted molar refractivity (Wildman–Crippen MR) is 67.6 cm³/mol. The van der Waals surface area contributed by atoms with Crippen molar-refractivity contribution in [1.29, 1.82) is 0 Å². The number of hydrogen-bond acceptors (Lipinski definition) is 4. The molecule has 0 N–H and O–H groups in total. The molecule has 0 atom stereocenters. The molecule has 0 saturated heterocycles. The largest absolute Gasteiger partial charge is 0.460 e. The summed E-state index contributed by atoms with van der Waals surface area (Å²) in [7, 11) is 0. The molecule has 0 aliphatic carbocycles. The van der Waals surface area contributed by atoms with E-state index < -0.39 is 17.7 Å². The second-order valence-electron chi connectivity index (χ2n) is 4.23. The van der Waals surface area contributed by atoms with Crippen molar-refractivity contribution >= 4 is 5.97 Å². The van der Waals surface area contributed by atoms with Gasteiger partial charge in [-0.2, -0.15) is 13.2 Å². The minimum atomic E-state index is -4.46. The summed E-state index contributed by atoms with van der Waals surface area (Å²) in [6, 6.07) is 4.54. The molecule has 0 aliphatic rings. The molecule has 0 amide bonds. The summed E-state index contributed by atoms with van der Waals surface area (Å²) in [5, 5.41) is 0. The normalized spacial score (nSPS) is 11.5. The molecule has 112 valence electrons. The van der Waals surface area contributed by atoms with E-state index in [1.54, 1.807) is 6.92 Å². The Balaban J connectivity index is 2.40. The molecule has 0 saturated carbocycles. The van der Waals surface area contributed by atoms with E-state index in [9.17, 15) is 18.0 Å². The summed E-state index contributed by atoms with van der Waals surface area (Å²) in [5.74, 6) is -0.855. The van der Waals surface area contributed by atoms with E-state index in [0.29, 0.717) is 0 Å². The fourth-order valence-corrected chi connectivity index (χ4v) is 1.73. The van der Waals surface area contributed by atoms with E-state index in [2.05, 4.69) is 4.98 Å². The first-order chi connectivity index (χ1) is 9.82. The monoisotopic (exact) mass is 299 g/mol. The maximum atomic E-state index is 12.7. The van der Waals surface area contributed by atoms with Crippen LogP contribution in [0.1, 0.15) is 28.7 Å². The second kappa shape index (κ2) is 5.59. The van der Waals surface area contributed by atoms with Gasteiger partial charge in [-0.3, -0.25) is 0 Å². The fraction of sp³-hybridized carbons (Fsp3) is 0.286. The van der Waals surface area contributed by atoms with Crippen LogP contribution >= 0.6 is 0 Å². The number of oxazole rings is 1. The Morgan fingerprint density at radius 2 is 2.10 bits per heavy atom. The molecule has 0 spiro atoms. The molecule has 0 unspecified atom stereocenters. The van der Waals surface area contributed by atoms with E-state index in [1.807, 2.05) is 0 Å². The van der Waals surface area contributed by atoms with Gasteiger partial charge in [0.2, 0.25) is 11.7 Å². The van der Waals surface area contributed by atoms with Crippen molar-refractivity contribution in [2.75, 3.05) is 6.61 Å². The van der Waals surface area contributed by atoms with Crippen molar-refractivity contribution in [2.24, 2.45) is 0 Å². The number of nitrogens with zero attached hydrogens (tertiary/aromatic N) is 1. The SMILES string of the molecule is CCOC(=O)c1oc(-c2cccc(C(F)(F)F)c2)nc1C. The summed E-state index contributed by atoms with van der Waals surface area (Å²) < 4.78 is 48.0. The van der Waals surface area contributed by atoms with Gasteiger partial charge in [-0.1, -0.05) is 6.07 Å². The summed E-state index contributed by atoms with van der Waals surface area (Å²) in [6.07, 6.45) is -4.46. The molecule has 7 heteroatoms. The topological polar surface area (TPSA) is 52.3 Å². The van der Waals surface area contributed by atoms with Crippen LogP contribution in [0.3, 0.4) is 0 Å². The highest BCUT2D eigenvalue weighted by Gasteiger charge is 2.31. The number of hydrogen-bond donors (Lipinski definition) is 0. The number of benzene rings is 1.